The van der Waals surface area contributed by atoms with Crippen LogP contribution in [-0.2, 0) is 10.5 Å². The van der Waals surface area contributed by atoms with Crippen LogP contribution in [0.3, 0.4) is 0 Å². The number of carbonyl (C=O) groups excluding carboxylic acids is 1. The molecule has 1 fully saturated rings. The van der Waals surface area contributed by atoms with Crippen molar-refractivity contribution in [1.29, 1.82) is 0 Å². The van der Waals surface area contributed by atoms with Crippen LogP contribution < -0.4 is 5.32 Å². The minimum atomic E-state index is -0.0978. The molecule has 0 spiro atoms. The lowest BCUT2D eigenvalue weighted by atomic mass is 10.1. The van der Waals surface area contributed by atoms with Crippen molar-refractivity contribution in [1.82, 2.24) is 4.90 Å². The van der Waals surface area contributed by atoms with Gasteiger partial charge in [0.05, 0.1) is 6.61 Å². The van der Waals surface area contributed by atoms with Crippen LogP contribution in [0.15, 0.2) is 18.2 Å². The number of benzene rings is 1. The molecular formula is C15H21ClN2O2S. The van der Waals surface area contributed by atoms with Crippen LogP contribution >= 0.6 is 23.4 Å². The van der Waals surface area contributed by atoms with E-state index in [0.29, 0.717) is 5.92 Å². The van der Waals surface area contributed by atoms with Crippen molar-refractivity contribution in [2.45, 2.75) is 12.2 Å². The molecule has 6 heteroatoms. The van der Waals surface area contributed by atoms with Crippen LogP contribution in [0.1, 0.15) is 12.0 Å². The standard InChI is InChI=1S/C15H21ClN2O2S/c1-18(8-11-5-6-20-9-11)15(19)17-13-3-4-14(16)12(7-13)10-21-2/h3-4,7,11H,5-6,8-10H2,1-2H3,(H,17,19)/t11-/m0/s1. The number of amides is 2. The maximum atomic E-state index is 12.2. The summed E-state index contributed by atoms with van der Waals surface area (Å²) in [5, 5.41) is 3.65. The fourth-order valence-electron chi connectivity index (χ4n) is 2.34. The normalized spacial score (nSPS) is 17.8. The van der Waals surface area contributed by atoms with Gasteiger partial charge < -0.3 is 15.0 Å². The Morgan fingerprint density at radius 1 is 1.57 bits per heavy atom. The first-order valence-corrected chi connectivity index (χ1v) is 8.74. The van der Waals surface area contributed by atoms with E-state index in [9.17, 15) is 4.79 Å². The first-order chi connectivity index (χ1) is 10.1. The topological polar surface area (TPSA) is 41.6 Å². The van der Waals surface area contributed by atoms with Gasteiger partial charge in [-0.15, -0.1) is 0 Å². The van der Waals surface area contributed by atoms with Gasteiger partial charge in [-0.25, -0.2) is 4.79 Å². The van der Waals surface area contributed by atoms with Crippen molar-refractivity contribution in [3.05, 3.63) is 28.8 Å². The maximum Gasteiger partial charge on any atom is 0.321 e. The minimum Gasteiger partial charge on any atom is -0.381 e. The molecule has 0 radical (unpaired) electrons. The monoisotopic (exact) mass is 328 g/mol. The lowest BCUT2D eigenvalue weighted by Crippen LogP contribution is -2.35. The molecule has 4 nitrogen and oxygen atoms in total. The predicted octanol–water partition coefficient (Wildman–Crippen LogP) is 3.70. The number of rotatable bonds is 5. The molecule has 21 heavy (non-hydrogen) atoms. The van der Waals surface area contributed by atoms with E-state index >= 15 is 0 Å². The highest BCUT2D eigenvalue weighted by atomic mass is 35.5. The van der Waals surface area contributed by atoms with E-state index in [4.69, 9.17) is 16.3 Å². The summed E-state index contributed by atoms with van der Waals surface area (Å²) in [6.07, 6.45) is 3.05. The van der Waals surface area contributed by atoms with Crippen LogP contribution in [0.5, 0.6) is 0 Å². The zero-order chi connectivity index (χ0) is 15.2. The molecule has 0 bridgehead atoms. The molecule has 0 unspecified atom stereocenters. The molecule has 1 N–H and O–H groups in total. The van der Waals surface area contributed by atoms with Gasteiger partial charge in [0.1, 0.15) is 0 Å². The van der Waals surface area contributed by atoms with E-state index in [1.807, 2.05) is 31.5 Å². The Labute approximate surface area is 135 Å². The highest BCUT2D eigenvalue weighted by Gasteiger charge is 2.20. The summed E-state index contributed by atoms with van der Waals surface area (Å²) in [7, 11) is 1.81. The number of carbonyl (C=O) groups is 1. The van der Waals surface area contributed by atoms with E-state index in [1.165, 1.54) is 0 Å². The molecule has 0 aliphatic carbocycles. The van der Waals surface area contributed by atoms with Crippen molar-refractivity contribution >= 4 is 35.1 Å². The maximum absolute atomic E-state index is 12.2. The quantitative estimate of drug-likeness (QED) is 0.896. The lowest BCUT2D eigenvalue weighted by molar-refractivity contribution is 0.175. The van der Waals surface area contributed by atoms with Gasteiger partial charge in [0.25, 0.3) is 0 Å². The number of urea groups is 1. The van der Waals surface area contributed by atoms with Crippen molar-refractivity contribution < 1.29 is 9.53 Å². The zero-order valence-electron chi connectivity index (χ0n) is 12.4. The number of nitrogens with one attached hydrogen (secondary N) is 1. The van der Waals surface area contributed by atoms with Crippen molar-refractivity contribution in [2.24, 2.45) is 5.92 Å². The molecule has 1 aliphatic rings. The third-order valence-corrected chi connectivity index (χ3v) is 4.47. The predicted molar refractivity (Wildman–Crippen MR) is 89.2 cm³/mol. The molecule has 1 atom stereocenters. The Morgan fingerprint density at radius 3 is 3.05 bits per heavy atom. The fraction of sp³-hybridized carbons (Fsp3) is 0.533. The molecule has 1 aliphatic heterocycles. The molecular weight excluding hydrogens is 308 g/mol. The molecule has 116 valence electrons. The number of ether oxygens (including phenoxy) is 1. The fourth-order valence-corrected chi connectivity index (χ4v) is 3.15. The van der Waals surface area contributed by atoms with Crippen LogP contribution in [0.25, 0.3) is 0 Å². The average Bonchev–Trinajstić information content (AvgIpc) is 2.95. The van der Waals surface area contributed by atoms with E-state index in [2.05, 4.69) is 5.32 Å². The summed E-state index contributed by atoms with van der Waals surface area (Å²) in [6.45, 7) is 2.27. The Balaban J connectivity index is 1.93. The van der Waals surface area contributed by atoms with Gasteiger partial charge in [-0.2, -0.15) is 11.8 Å². The summed E-state index contributed by atoms with van der Waals surface area (Å²) in [5.41, 5.74) is 1.82. The van der Waals surface area contributed by atoms with E-state index in [-0.39, 0.29) is 6.03 Å². The third kappa shape index (κ3) is 4.80. The van der Waals surface area contributed by atoms with Crippen molar-refractivity contribution in [3.63, 3.8) is 0 Å². The molecule has 0 aromatic heterocycles. The summed E-state index contributed by atoms with van der Waals surface area (Å²) in [5.74, 6) is 1.27. The van der Waals surface area contributed by atoms with Crippen LogP contribution in [0.4, 0.5) is 10.5 Å². The van der Waals surface area contributed by atoms with Crippen LogP contribution in [0.2, 0.25) is 5.02 Å². The third-order valence-electron chi connectivity index (χ3n) is 3.50. The van der Waals surface area contributed by atoms with Gasteiger partial charge in [-0.1, -0.05) is 11.6 Å². The second kappa shape index (κ2) is 7.92. The summed E-state index contributed by atoms with van der Waals surface area (Å²) in [4.78, 5) is 13.9. The van der Waals surface area contributed by atoms with E-state index < -0.39 is 0 Å². The average molecular weight is 329 g/mol. The molecule has 1 aromatic rings. The first-order valence-electron chi connectivity index (χ1n) is 6.97. The number of halogens is 1. The molecule has 0 saturated carbocycles. The molecule has 1 saturated heterocycles. The SMILES string of the molecule is CSCc1cc(NC(=O)N(C)C[C@@H]2CCOC2)ccc1Cl. The van der Waals surface area contributed by atoms with E-state index in [0.717, 1.165) is 48.2 Å². The molecule has 2 rings (SSSR count). The molecule has 1 aromatic carbocycles. The largest absolute Gasteiger partial charge is 0.381 e. The van der Waals surface area contributed by atoms with Crippen LogP contribution in [0, 0.1) is 5.92 Å². The Kier molecular flexibility index (Phi) is 6.21. The highest BCUT2D eigenvalue weighted by Crippen LogP contribution is 2.24. The van der Waals surface area contributed by atoms with Crippen molar-refractivity contribution in [2.75, 3.05) is 38.4 Å². The first kappa shape index (κ1) is 16.5. The number of hydrogen-bond acceptors (Lipinski definition) is 3. The summed E-state index contributed by atoms with van der Waals surface area (Å²) in [6, 6.07) is 5.49. The Hall–Kier alpha value is -0.910. The van der Waals surface area contributed by atoms with Gasteiger partial charge in [0.15, 0.2) is 0 Å². The van der Waals surface area contributed by atoms with Crippen molar-refractivity contribution in [3.8, 4) is 0 Å². The zero-order valence-corrected chi connectivity index (χ0v) is 14.0. The second-order valence-corrected chi connectivity index (χ2v) is 6.55. The highest BCUT2D eigenvalue weighted by molar-refractivity contribution is 7.97. The number of hydrogen-bond donors (Lipinski definition) is 1. The lowest BCUT2D eigenvalue weighted by Gasteiger charge is -2.21. The van der Waals surface area contributed by atoms with Gasteiger partial charge in [-0.3, -0.25) is 0 Å². The minimum absolute atomic E-state index is 0.0978. The number of nitrogens with zero attached hydrogens (tertiary/aromatic N) is 1. The number of anilines is 1. The smallest absolute Gasteiger partial charge is 0.321 e. The van der Waals surface area contributed by atoms with Gasteiger partial charge in [0.2, 0.25) is 0 Å². The van der Waals surface area contributed by atoms with E-state index in [1.54, 1.807) is 16.7 Å². The number of thioether (sulfide) groups is 1. The molecule has 2 amide bonds. The molecule has 1 heterocycles. The Morgan fingerprint density at radius 2 is 2.38 bits per heavy atom. The van der Waals surface area contributed by atoms with Gasteiger partial charge in [-0.05, 0) is 36.4 Å². The summed E-state index contributed by atoms with van der Waals surface area (Å²) < 4.78 is 5.34. The second-order valence-electron chi connectivity index (χ2n) is 5.28. The van der Waals surface area contributed by atoms with Gasteiger partial charge in [0, 0.05) is 42.6 Å². The van der Waals surface area contributed by atoms with Crippen LogP contribution in [-0.4, -0.2) is 44.0 Å². The summed E-state index contributed by atoms with van der Waals surface area (Å²) >= 11 is 7.84. The van der Waals surface area contributed by atoms with Gasteiger partial charge >= 0.3 is 6.03 Å². The Bertz CT molecular complexity index is 493.